The molecule has 0 radical (unpaired) electrons. The molecule has 0 spiro atoms. The maximum atomic E-state index is 11.7. The highest BCUT2D eigenvalue weighted by atomic mass is 32.2. The first-order valence-corrected chi connectivity index (χ1v) is 6.44. The normalized spacial score (nSPS) is 12.2. The van der Waals surface area contributed by atoms with Crippen LogP contribution in [0.4, 0.5) is 17.7 Å². The topological polar surface area (TPSA) is 78.4 Å². The van der Waals surface area contributed by atoms with Gasteiger partial charge in [0.25, 0.3) is 10.1 Å². The largest absolute Gasteiger partial charge is 0.389 e. The van der Waals surface area contributed by atoms with Gasteiger partial charge < -0.3 is 6.15 Å². The molecule has 0 amide bonds. The van der Waals surface area contributed by atoms with Gasteiger partial charge >= 0.3 is 6.18 Å². The van der Waals surface area contributed by atoms with Crippen LogP contribution in [-0.4, -0.2) is 20.3 Å². The molecule has 0 fully saturated rings. The van der Waals surface area contributed by atoms with E-state index in [0.717, 1.165) is 0 Å². The van der Waals surface area contributed by atoms with Gasteiger partial charge in [-0.05, 0) is 17.4 Å². The van der Waals surface area contributed by atoms with E-state index in [2.05, 4.69) is 4.39 Å². The lowest BCUT2D eigenvalue weighted by Crippen LogP contribution is -2.07. The summed E-state index contributed by atoms with van der Waals surface area (Å²) < 4.78 is 70.1. The van der Waals surface area contributed by atoms with Crippen molar-refractivity contribution in [2.45, 2.75) is 44.7 Å². The van der Waals surface area contributed by atoms with Crippen LogP contribution in [-0.2, 0) is 14.5 Å². The van der Waals surface area contributed by atoms with Crippen LogP contribution < -0.4 is 6.15 Å². The van der Waals surface area contributed by atoms with Gasteiger partial charge in [-0.2, -0.15) is 21.6 Å². The molecule has 0 aromatic carbocycles. The minimum atomic E-state index is -4.13. The summed E-state index contributed by atoms with van der Waals surface area (Å²) in [6.07, 6.45) is -3.40. The first-order valence-electron chi connectivity index (χ1n) is 4.86. The van der Waals surface area contributed by atoms with Gasteiger partial charge in [0.05, 0.1) is 5.75 Å². The van der Waals surface area contributed by atoms with E-state index in [0.29, 0.717) is 19.3 Å². The predicted molar refractivity (Wildman–Crippen MR) is 54.8 cm³/mol. The molecule has 106 valence electrons. The zero-order valence-corrected chi connectivity index (χ0v) is 10.1. The minimum Gasteiger partial charge on any atom is -0.344 e. The van der Waals surface area contributed by atoms with Crippen LogP contribution in [0.1, 0.15) is 38.5 Å². The number of alkyl halides is 3. The lowest BCUT2D eigenvalue weighted by Gasteiger charge is -2.05. The molecule has 0 bridgehead atoms. The third-order valence-corrected chi connectivity index (χ3v) is 2.93. The van der Waals surface area contributed by atoms with E-state index in [1.807, 2.05) is 0 Å². The van der Waals surface area contributed by atoms with Gasteiger partial charge in [0, 0.05) is 6.42 Å². The number of hydrogen-bond acceptors (Lipinski definition) is 4. The number of hydrogen-bond donors (Lipinski definition) is 1. The molecule has 0 heterocycles. The quantitative estimate of drug-likeness (QED) is 0.547. The van der Waals surface area contributed by atoms with Gasteiger partial charge in [-0.25, -0.2) is 0 Å². The van der Waals surface area contributed by atoms with Gasteiger partial charge in [-0.3, -0.25) is 0 Å². The zero-order valence-electron chi connectivity index (χ0n) is 9.30. The molecule has 0 aliphatic heterocycles. The Kier molecular flexibility index (Phi) is 9.64. The van der Waals surface area contributed by atoms with Gasteiger partial charge in [0.2, 0.25) is 0 Å². The third kappa shape index (κ3) is 13.5. The summed E-state index contributed by atoms with van der Waals surface area (Å²) in [5, 5.41) is 0. The highest BCUT2D eigenvalue weighted by Crippen LogP contribution is 2.23. The first kappa shape index (κ1) is 18.9. The van der Waals surface area contributed by atoms with Crippen LogP contribution in [0.3, 0.4) is 0 Å². The lowest BCUT2D eigenvalue weighted by atomic mass is 10.1. The van der Waals surface area contributed by atoms with Crippen molar-refractivity contribution in [1.29, 1.82) is 0 Å². The van der Waals surface area contributed by atoms with E-state index in [-0.39, 0.29) is 19.0 Å². The van der Waals surface area contributed by atoms with E-state index in [9.17, 15) is 26.1 Å². The van der Waals surface area contributed by atoms with Crippen molar-refractivity contribution in [3.8, 4) is 0 Å². The van der Waals surface area contributed by atoms with E-state index in [4.69, 9.17) is 0 Å². The Morgan fingerprint density at radius 1 is 0.941 bits per heavy atom. The van der Waals surface area contributed by atoms with E-state index in [1.165, 1.54) is 0 Å². The third-order valence-electron chi connectivity index (χ3n) is 1.95. The van der Waals surface area contributed by atoms with Gasteiger partial charge in [0.1, 0.15) is 0 Å². The Balaban J connectivity index is 0. The molecule has 0 unspecified atom stereocenters. The Labute approximate surface area is 97.9 Å². The molecule has 0 aliphatic rings. The second-order valence-corrected chi connectivity index (χ2v) is 5.11. The summed E-state index contributed by atoms with van der Waals surface area (Å²) in [5.74, 6) is -0.442. The van der Waals surface area contributed by atoms with E-state index >= 15 is 0 Å². The molecule has 0 rings (SSSR count). The van der Waals surface area contributed by atoms with Crippen LogP contribution in [0.2, 0.25) is 0 Å². The van der Waals surface area contributed by atoms with Gasteiger partial charge in [-0.1, -0.05) is 23.7 Å². The average Bonchev–Trinajstić information content (AvgIpc) is 2.14. The SMILES string of the molecule is N.O=S(=O)(CCCCCCCC(F)(F)F)OF. The van der Waals surface area contributed by atoms with E-state index < -0.39 is 28.5 Å². The molecule has 0 aliphatic carbocycles. The summed E-state index contributed by atoms with van der Waals surface area (Å²) in [6.45, 7) is 0. The van der Waals surface area contributed by atoms with Crippen molar-refractivity contribution >= 4 is 10.1 Å². The highest BCUT2D eigenvalue weighted by Gasteiger charge is 2.25. The summed E-state index contributed by atoms with van der Waals surface area (Å²) in [5.41, 5.74) is 0. The van der Waals surface area contributed by atoms with Crippen molar-refractivity contribution < 1.29 is 30.5 Å². The molecule has 0 aromatic heterocycles. The fraction of sp³-hybridized carbons (Fsp3) is 1.00. The Hall–Kier alpha value is -0.410. The Bertz CT molecular complexity index is 279. The standard InChI is InChI=1S/C8H14F4O3S.H3N/c9-8(10,11)6-4-2-1-3-5-7-16(13,14)15-12;/h1-7H2;1H3. The molecule has 9 heteroatoms. The van der Waals surface area contributed by atoms with Crippen LogP contribution in [0, 0.1) is 0 Å². The maximum Gasteiger partial charge on any atom is 0.389 e. The van der Waals surface area contributed by atoms with Gasteiger partial charge in [-0.15, -0.1) is 0 Å². The van der Waals surface area contributed by atoms with Crippen LogP contribution >= 0.6 is 0 Å². The summed E-state index contributed by atoms with van der Waals surface area (Å²) in [4.78, 5) is 0. The smallest absolute Gasteiger partial charge is 0.344 e. The zero-order chi connectivity index (χ0) is 12.7. The minimum absolute atomic E-state index is 0. The molecular weight excluding hydrogens is 266 g/mol. The second kappa shape index (κ2) is 8.65. The van der Waals surface area contributed by atoms with Gasteiger partial charge in [0.15, 0.2) is 0 Å². The average molecular weight is 283 g/mol. The molecule has 17 heavy (non-hydrogen) atoms. The molecule has 0 aromatic rings. The van der Waals surface area contributed by atoms with E-state index in [1.54, 1.807) is 0 Å². The molecule has 3 N–H and O–H groups in total. The maximum absolute atomic E-state index is 11.7. The van der Waals surface area contributed by atoms with Crippen molar-refractivity contribution in [2.75, 3.05) is 5.75 Å². The summed E-state index contributed by atoms with van der Waals surface area (Å²) in [7, 11) is -4.08. The van der Waals surface area contributed by atoms with Crippen LogP contribution in [0.5, 0.6) is 0 Å². The molecule has 4 nitrogen and oxygen atoms in total. The monoisotopic (exact) mass is 283 g/mol. The number of halogens is 4. The predicted octanol–water partition coefficient (Wildman–Crippen LogP) is 3.28. The number of unbranched alkanes of at least 4 members (excludes halogenated alkanes) is 4. The van der Waals surface area contributed by atoms with Crippen LogP contribution in [0.25, 0.3) is 0 Å². The van der Waals surface area contributed by atoms with Crippen molar-refractivity contribution in [2.24, 2.45) is 0 Å². The van der Waals surface area contributed by atoms with Crippen molar-refractivity contribution in [1.82, 2.24) is 6.15 Å². The van der Waals surface area contributed by atoms with Crippen molar-refractivity contribution in [3.05, 3.63) is 0 Å². The first-order chi connectivity index (χ1) is 7.27. The molecular formula is C8H17F4NO3S. The summed E-state index contributed by atoms with van der Waals surface area (Å²) >= 11 is 0. The van der Waals surface area contributed by atoms with Crippen LogP contribution in [0.15, 0.2) is 0 Å². The fourth-order valence-electron chi connectivity index (χ4n) is 1.17. The highest BCUT2D eigenvalue weighted by molar-refractivity contribution is 7.86. The Morgan fingerprint density at radius 2 is 1.41 bits per heavy atom. The summed E-state index contributed by atoms with van der Waals surface area (Å²) in [6, 6.07) is 0. The molecule has 0 saturated carbocycles. The molecule has 0 atom stereocenters. The second-order valence-electron chi connectivity index (χ2n) is 3.46. The lowest BCUT2D eigenvalue weighted by molar-refractivity contribution is -0.135. The molecule has 0 saturated heterocycles. The van der Waals surface area contributed by atoms with Crippen molar-refractivity contribution in [3.63, 3.8) is 0 Å². The fourth-order valence-corrected chi connectivity index (χ4v) is 1.79. The number of rotatable bonds is 8. The Morgan fingerprint density at radius 3 is 1.88 bits per heavy atom.